The fourth-order valence-electron chi connectivity index (χ4n) is 3.15. The highest BCUT2D eigenvalue weighted by molar-refractivity contribution is 6.17. The normalized spacial score (nSPS) is 18.6. The van der Waals surface area contributed by atoms with E-state index in [-0.39, 0.29) is 11.3 Å². The Morgan fingerprint density at radius 2 is 1.29 bits per heavy atom. The zero-order chi connectivity index (χ0) is 21.2. The van der Waals surface area contributed by atoms with Gasteiger partial charge >= 0.3 is 23.9 Å². The molecule has 0 saturated heterocycles. The second-order valence-electron chi connectivity index (χ2n) is 5.97. The standard InChI is InChI=1S/C19H21NO8/c1-9-7-8-20-14(10(9)2)12(17(22)26-4)11(16(21)25-3)13(18(23)27-5)15(20)19(24)28-6/h7-8,14H,1-6H3. The monoisotopic (exact) mass is 391 g/mol. The number of fused-ring (bicyclic) bond motifs is 1. The number of carbonyl (C=O) groups excluding carboxylic acids is 4. The number of esters is 4. The fourth-order valence-corrected chi connectivity index (χ4v) is 3.15. The van der Waals surface area contributed by atoms with Gasteiger partial charge < -0.3 is 23.8 Å². The lowest BCUT2D eigenvalue weighted by molar-refractivity contribution is -0.143. The molecule has 0 amide bonds. The lowest BCUT2D eigenvalue weighted by atomic mass is 9.82. The van der Waals surface area contributed by atoms with Crippen LogP contribution in [0.3, 0.4) is 0 Å². The molecule has 2 aliphatic rings. The zero-order valence-corrected chi connectivity index (χ0v) is 16.4. The van der Waals surface area contributed by atoms with Gasteiger partial charge in [-0.15, -0.1) is 0 Å². The molecule has 0 saturated carbocycles. The maximum atomic E-state index is 12.7. The zero-order valence-electron chi connectivity index (χ0n) is 16.4. The molecule has 1 unspecified atom stereocenters. The van der Waals surface area contributed by atoms with E-state index in [4.69, 9.17) is 18.9 Å². The van der Waals surface area contributed by atoms with Gasteiger partial charge in [0.05, 0.1) is 45.6 Å². The van der Waals surface area contributed by atoms with E-state index in [2.05, 4.69) is 0 Å². The van der Waals surface area contributed by atoms with Gasteiger partial charge in [0.25, 0.3) is 0 Å². The van der Waals surface area contributed by atoms with Crippen LogP contribution >= 0.6 is 0 Å². The number of nitrogens with zero attached hydrogens (tertiary/aromatic N) is 1. The minimum atomic E-state index is -1.00. The van der Waals surface area contributed by atoms with E-state index in [1.54, 1.807) is 13.0 Å². The Morgan fingerprint density at radius 3 is 1.79 bits per heavy atom. The number of rotatable bonds is 4. The van der Waals surface area contributed by atoms with Crippen LogP contribution in [-0.2, 0) is 38.1 Å². The van der Waals surface area contributed by atoms with Gasteiger partial charge in [-0.3, -0.25) is 0 Å². The van der Waals surface area contributed by atoms with Crippen LogP contribution in [0.5, 0.6) is 0 Å². The fraction of sp³-hybridized carbons (Fsp3) is 0.368. The molecule has 2 aliphatic heterocycles. The van der Waals surface area contributed by atoms with E-state index < -0.39 is 41.1 Å². The number of hydrogen-bond acceptors (Lipinski definition) is 9. The van der Waals surface area contributed by atoms with Gasteiger partial charge in [0, 0.05) is 6.20 Å². The molecule has 0 fully saturated rings. The van der Waals surface area contributed by atoms with Crippen LogP contribution in [0.15, 0.2) is 45.8 Å². The van der Waals surface area contributed by atoms with Crippen molar-refractivity contribution < 1.29 is 38.1 Å². The number of carbonyl (C=O) groups is 4. The van der Waals surface area contributed by atoms with Crippen LogP contribution < -0.4 is 0 Å². The van der Waals surface area contributed by atoms with Crippen LogP contribution in [0.4, 0.5) is 0 Å². The molecular formula is C19H21NO8. The van der Waals surface area contributed by atoms with Gasteiger partial charge in [-0.05, 0) is 31.1 Å². The summed E-state index contributed by atoms with van der Waals surface area (Å²) in [5.41, 5.74) is 0.284. The predicted molar refractivity (Wildman–Crippen MR) is 95.3 cm³/mol. The number of ether oxygens (including phenoxy) is 4. The molecule has 0 radical (unpaired) electrons. The number of allylic oxidation sites excluding steroid dienone is 2. The van der Waals surface area contributed by atoms with Crippen molar-refractivity contribution in [3.63, 3.8) is 0 Å². The highest BCUT2D eigenvalue weighted by Gasteiger charge is 2.47. The van der Waals surface area contributed by atoms with Crippen molar-refractivity contribution >= 4 is 23.9 Å². The molecule has 9 nitrogen and oxygen atoms in total. The maximum Gasteiger partial charge on any atom is 0.355 e. The molecular weight excluding hydrogens is 370 g/mol. The second kappa shape index (κ2) is 8.12. The summed E-state index contributed by atoms with van der Waals surface area (Å²) in [5, 5.41) is 0. The molecule has 0 N–H and O–H groups in total. The molecule has 2 heterocycles. The van der Waals surface area contributed by atoms with E-state index in [9.17, 15) is 19.2 Å². The highest BCUT2D eigenvalue weighted by atomic mass is 16.5. The average molecular weight is 391 g/mol. The smallest absolute Gasteiger partial charge is 0.355 e. The molecule has 0 bridgehead atoms. The Morgan fingerprint density at radius 1 is 0.786 bits per heavy atom. The summed E-state index contributed by atoms with van der Waals surface area (Å²) >= 11 is 0. The highest BCUT2D eigenvalue weighted by Crippen LogP contribution is 2.40. The number of methoxy groups -OCH3 is 4. The van der Waals surface area contributed by atoms with Crippen molar-refractivity contribution in [3.05, 3.63) is 45.8 Å². The first-order valence-corrected chi connectivity index (χ1v) is 8.21. The van der Waals surface area contributed by atoms with Crippen molar-refractivity contribution in [3.8, 4) is 0 Å². The second-order valence-corrected chi connectivity index (χ2v) is 5.97. The van der Waals surface area contributed by atoms with Crippen molar-refractivity contribution in [1.82, 2.24) is 4.90 Å². The summed E-state index contributed by atoms with van der Waals surface area (Å²) in [6.45, 7) is 3.56. The van der Waals surface area contributed by atoms with Crippen LogP contribution in [0, 0.1) is 0 Å². The van der Waals surface area contributed by atoms with Gasteiger partial charge in [0.2, 0.25) is 0 Å². The van der Waals surface area contributed by atoms with Crippen LogP contribution in [0.1, 0.15) is 13.8 Å². The van der Waals surface area contributed by atoms with Gasteiger partial charge in [0.1, 0.15) is 11.3 Å². The molecule has 0 aromatic carbocycles. The lowest BCUT2D eigenvalue weighted by Gasteiger charge is -2.40. The quantitative estimate of drug-likeness (QED) is 0.507. The molecule has 0 spiro atoms. The van der Waals surface area contributed by atoms with Crippen molar-refractivity contribution in [1.29, 1.82) is 0 Å². The summed E-state index contributed by atoms with van der Waals surface area (Å²) in [6.07, 6.45) is 3.24. The van der Waals surface area contributed by atoms with Crippen LogP contribution in [0.2, 0.25) is 0 Å². The third kappa shape index (κ3) is 3.19. The van der Waals surface area contributed by atoms with Gasteiger partial charge in [-0.2, -0.15) is 0 Å². The topological polar surface area (TPSA) is 108 Å². The van der Waals surface area contributed by atoms with Crippen LogP contribution in [0.25, 0.3) is 0 Å². The minimum Gasteiger partial charge on any atom is -0.466 e. The molecule has 0 aromatic rings. The first-order chi connectivity index (χ1) is 13.2. The SMILES string of the molecule is COC(=O)C1=C(C(=O)OC)C2C(C)=C(C)C=CN2C(C(=O)OC)=C1C(=O)OC. The minimum absolute atomic E-state index is 0.136. The summed E-state index contributed by atoms with van der Waals surface area (Å²) in [4.78, 5) is 51.8. The maximum absolute atomic E-state index is 12.7. The van der Waals surface area contributed by atoms with E-state index in [1.165, 1.54) is 11.1 Å². The summed E-state index contributed by atoms with van der Waals surface area (Å²) in [6, 6.07) is -0.867. The van der Waals surface area contributed by atoms with Gasteiger partial charge in [0.15, 0.2) is 0 Å². The Balaban J connectivity index is 3.03. The van der Waals surface area contributed by atoms with E-state index >= 15 is 0 Å². The predicted octanol–water partition coefficient (Wildman–Crippen LogP) is 0.777. The summed E-state index contributed by atoms with van der Waals surface area (Å²) < 4.78 is 19.2. The molecule has 9 heteroatoms. The molecule has 0 aromatic heterocycles. The molecule has 150 valence electrons. The van der Waals surface area contributed by atoms with E-state index in [0.29, 0.717) is 5.57 Å². The van der Waals surface area contributed by atoms with Gasteiger partial charge in [-0.1, -0.05) is 0 Å². The van der Waals surface area contributed by atoms with Crippen molar-refractivity contribution in [2.75, 3.05) is 28.4 Å². The summed E-state index contributed by atoms with van der Waals surface area (Å²) in [5.74, 6) is -3.71. The van der Waals surface area contributed by atoms with E-state index in [0.717, 1.165) is 34.0 Å². The first kappa shape index (κ1) is 20.9. The molecule has 0 aliphatic carbocycles. The van der Waals surface area contributed by atoms with E-state index in [1.807, 2.05) is 6.92 Å². The Kier molecular flexibility index (Phi) is 6.07. The third-order valence-corrected chi connectivity index (χ3v) is 4.65. The van der Waals surface area contributed by atoms with Gasteiger partial charge in [-0.25, -0.2) is 19.2 Å². The number of hydrogen-bond donors (Lipinski definition) is 0. The first-order valence-electron chi connectivity index (χ1n) is 8.21. The third-order valence-electron chi connectivity index (χ3n) is 4.65. The largest absolute Gasteiger partial charge is 0.466 e. The Bertz CT molecular complexity index is 874. The Labute approximate surface area is 161 Å². The van der Waals surface area contributed by atoms with Crippen molar-refractivity contribution in [2.45, 2.75) is 19.9 Å². The lowest BCUT2D eigenvalue weighted by Crippen LogP contribution is -2.46. The molecule has 28 heavy (non-hydrogen) atoms. The Hall–Kier alpha value is -3.36. The van der Waals surface area contributed by atoms with Crippen LogP contribution in [-0.4, -0.2) is 63.3 Å². The molecule has 2 rings (SSSR count). The van der Waals surface area contributed by atoms with Crippen molar-refractivity contribution in [2.24, 2.45) is 0 Å². The average Bonchev–Trinajstić information content (AvgIpc) is 2.72. The summed E-state index contributed by atoms with van der Waals surface area (Å²) in [7, 11) is 4.47. The molecule has 1 atom stereocenters.